The van der Waals surface area contributed by atoms with Crippen molar-refractivity contribution in [2.24, 2.45) is 0 Å². The first-order chi connectivity index (χ1) is 10.5. The Morgan fingerprint density at radius 1 is 1.27 bits per heavy atom. The summed E-state index contributed by atoms with van der Waals surface area (Å²) in [6.45, 7) is 6.55. The monoisotopic (exact) mass is 323 g/mol. The number of fused-ring (bicyclic) bond motifs is 1. The van der Waals surface area contributed by atoms with Crippen LogP contribution in [0.2, 0.25) is 0 Å². The highest BCUT2D eigenvalue weighted by molar-refractivity contribution is 6.30. The molecular weight excluding hydrogens is 302 g/mol. The Morgan fingerprint density at radius 2 is 1.95 bits per heavy atom. The van der Waals surface area contributed by atoms with Crippen LogP contribution in [0.15, 0.2) is 18.2 Å². The Morgan fingerprint density at radius 3 is 2.50 bits per heavy atom. The van der Waals surface area contributed by atoms with Gasteiger partial charge in [0, 0.05) is 12.1 Å². The van der Waals surface area contributed by atoms with Gasteiger partial charge in [0.25, 0.3) is 5.91 Å². The highest BCUT2D eigenvalue weighted by Crippen LogP contribution is 2.41. The number of benzene rings is 1. The second kappa shape index (κ2) is 6.69. The molecule has 4 nitrogen and oxygen atoms in total. The molecule has 1 heterocycles. The van der Waals surface area contributed by atoms with Crippen molar-refractivity contribution in [3.8, 4) is 5.75 Å². The van der Waals surface area contributed by atoms with Crippen LogP contribution in [-0.4, -0.2) is 29.7 Å². The van der Waals surface area contributed by atoms with E-state index in [1.807, 2.05) is 20.8 Å². The van der Waals surface area contributed by atoms with Crippen LogP contribution in [0.25, 0.3) is 0 Å². The van der Waals surface area contributed by atoms with Gasteiger partial charge < -0.3 is 9.64 Å². The molecule has 120 valence electrons. The summed E-state index contributed by atoms with van der Waals surface area (Å²) in [5, 5.41) is 0. The number of carbonyl (C=O) groups is 2. The smallest absolute Gasteiger partial charge is 0.271 e. The fourth-order valence-electron chi connectivity index (χ4n) is 2.82. The van der Waals surface area contributed by atoms with Crippen LogP contribution in [0.1, 0.15) is 50.4 Å². The number of carbonyl (C=O) groups excluding carboxylic acids is 2. The summed E-state index contributed by atoms with van der Waals surface area (Å²) in [5.74, 6) is 0.399. The van der Waals surface area contributed by atoms with E-state index in [-0.39, 0.29) is 17.6 Å². The number of hydrogen-bond donors (Lipinski definition) is 0. The number of anilines is 1. The molecule has 1 aromatic carbocycles. The van der Waals surface area contributed by atoms with Crippen LogP contribution in [0, 0.1) is 0 Å². The number of nitrogens with zero attached hydrogens (tertiary/aromatic N) is 1. The van der Waals surface area contributed by atoms with E-state index in [1.54, 1.807) is 23.1 Å². The topological polar surface area (TPSA) is 46.6 Å². The van der Waals surface area contributed by atoms with Gasteiger partial charge in [-0.2, -0.15) is 0 Å². The molecule has 0 saturated carbocycles. The average molecular weight is 324 g/mol. The van der Waals surface area contributed by atoms with Gasteiger partial charge in [-0.15, -0.1) is 11.6 Å². The highest BCUT2D eigenvalue weighted by atomic mass is 35.5. The minimum absolute atomic E-state index is 0.0256. The summed E-state index contributed by atoms with van der Waals surface area (Å²) in [6, 6.07) is 5.19. The summed E-state index contributed by atoms with van der Waals surface area (Å²) >= 11 is 5.62. The van der Waals surface area contributed by atoms with Crippen molar-refractivity contribution in [3.05, 3.63) is 23.8 Å². The lowest BCUT2D eigenvalue weighted by Gasteiger charge is -2.42. The Bertz CT molecular complexity index is 581. The van der Waals surface area contributed by atoms with E-state index < -0.39 is 5.60 Å². The molecule has 0 bridgehead atoms. The van der Waals surface area contributed by atoms with Crippen molar-refractivity contribution >= 4 is 29.0 Å². The molecule has 0 atom stereocenters. The van der Waals surface area contributed by atoms with E-state index >= 15 is 0 Å². The number of hydrogen-bond acceptors (Lipinski definition) is 3. The van der Waals surface area contributed by atoms with Crippen molar-refractivity contribution in [2.75, 3.05) is 17.3 Å². The lowest BCUT2D eigenvalue weighted by molar-refractivity contribution is -0.136. The molecule has 1 amide bonds. The van der Waals surface area contributed by atoms with E-state index in [0.29, 0.717) is 36.4 Å². The van der Waals surface area contributed by atoms with Crippen LogP contribution < -0.4 is 9.64 Å². The minimum atomic E-state index is -0.805. The number of halogens is 1. The lowest BCUT2D eigenvalue weighted by Crippen LogP contribution is -2.55. The molecule has 22 heavy (non-hydrogen) atoms. The SMILES string of the molecule is CCCN1C(=O)C(CC)(CC)Oc2ccc(C(=O)CCl)cc21. The number of amides is 1. The standard InChI is InChI=1S/C17H22ClNO3/c1-4-9-19-13-10-12(14(20)11-18)7-8-15(13)22-17(5-2,6-3)16(19)21/h7-8,10H,4-6,9,11H2,1-3H3. The van der Waals surface area contributed by atoms with Gasteiger partial charge >= 0.3 is 0 Å². The first-order valence-corrected chi connectivity index (χ1v) is 8.30. The number of alkyl halides is 1. The maximum Gasteiger partial charge on any atom is 0.271 e. The first kappa shape index (κ1) is 16.8. The average Bonchev–Trinajstić information content (AvgIpc) is 2.56. The van der Waals surface area contributed by atoms with Crippen molar-refractivity contribution in [1.82, 2.24) is 0 Å². The van der Waals surface area contributed by atoms with E-state index in [4.69, 9.17) is 16.3 Å². The van der Waals surface area contributed by atoms with Gasteiger partial charge in [0.1, 0.15) is 5.75 Å². The molecule has 0 N–H and O–H groups in total. The second-order valence-corrected chi connectivity index (χ2v) is 5.77. The second-order valence-electron chi connectivity index (χ2n) is 5.50. The van der Waals surface area contributed by atoms with Gasteiger partial charge in [0.15, 0.2) is 11.4 Å². The van der Waals surface area contributed by atoms with E-state index in [2.05, 4.69) is 0 Å². The van der Waals surface area contributed by atoms with Gasteiger partial charge in [-0.05, 0) is 37.5 Å². The molecule has 1 aromatic rings. The largest absolute Gasteiger partial charge is 0.475 e. The molecule has 0 radical (unpaired) electrons. The number of Topliss-reactive ketones (excluding diaryl/α,β-unsaturated/α-hetero) is 1. The third-order valence-corrected chi connectivity index (χ3v) is 4.47. The van der Waals surface area contributed by atoms with Crippen LogP contribution >= 0.6 is 11.6 Å². The zero-order chi connectivity index (χ0) is 16.3. The minimum Gasteiger partial charge on any atom is -0.475 e. The molecule has 0 aromatic heterocycles. The van der Waals surface area contributed by atoms with Gasteiger partial charge in [0.05, 0.1) is 11.6 Å². The summed E-state index contributed by atoms with van der Waals surface area (Å²) in [5.41, 5.74) is 0.368. The molecule has 0 unspecified atom stereocenters. The molecular formula is C17H22ClNO3. The molecule has 0 saturated heterocycles. The maximum atomic E-state index is 12.9. The van der Waals surface area contributed by atoms with Gasteiger partial charge in [-0.3, -0.25) is 9.59 Å². The molecule has 0 fully saturated rings. The van der Waals surface area contributed by atoms with Gasteiger partial charge in [-0.25, -0.2) is 0 Å². The Labute approximate surface area is 136 Å². The fraction of sp³-hybridized carbons (Fsp3) is 0.529. The predicted molar refractivity (Wildman–Crippen MR) is 88.1 cm³/mol. The zero-order valence-corrected chi connectivity index (χ0v) is 14.1. The van der Waals surface area contributed by atoms with Crippen molar-refractivity contribution < 1.29 is 14.3 Å². The summed E-state index contributed by atoms with van der Waals surface area (Å²) < 4.78 is 6.04. The Balaban J connectivity index is 2.53. The Hall–Kier alpha value is -1.55. The molecule has 1 aliphatic rings. The fourth-order valence-corrected chi connectivity index (χ4v) is 2.97. The number of ether oxygens (including phenoxy) is 1. The normalized spacial score (nSPS) is 16.2. The number of ketones is 1. The maximum absolute atomic E-state index is 12.9. The molecule has 1 aliphatic heterocycles. The van der Waals surface area contributed by atoms with Crippen molar-refractivity contribution in [2.45, 2.75) is 45.6 Å². The zero-order valence-electron chi connectivity index (χ0n) is 13.3. The third kappa shape index (κ3) is 2.72. The summed E-state index contributed by atoms with van der Waals surface area (Å²) in [4.78, 5) is 26.5. The van der Waals surface area contributed by atoms with Crippen molar-refractivity contribution in [3.63, 3.8) is 0 Å². The quantitative estimate of drug-likeness (QED) is 0.591. The van der Waals surface area contributed by atoms with E-state index in [1.165, 1.54) is 0 Å². The highest BCUT2D eigenvalue weighted by Gasteiger charge is 2.45. The first-order valence-electron chi connectivity index (χ1n) is 7.77. The third-order valence-electron chi connectivity index (χ3n) is 4.22. The lowest BCUT2D eigenvalue weighted by atomic mass is 9.92. The van der Waals surface area contributed by atoms with Crippen LogP contribution in [0.3, 0.4) is 0 Å². The summed E-state index contributed by atoms with van der Waals surface area (Å²) in [6.07, 6.45) is 2.07. The molecule has 0 spiro atoms. The molecule has 0 aliphatic carbocycles. The predicted octanol–water partition coefficient (Wildman–Crippen LogP) is 3.80. The van der Waals surface area contributed by atoms with E-state index in [9.17, 15) is 9.59 Å². The summed E-state index contributed by atoms with van der Waals surface area (Å²) in [7, 11) is 0. The van der Waals surface area contributed by atoms with Crippen LogP contribution in [0.4, 0.5) is 5.69 Å². The van der Waals surface area contributed by atoms with Crippen LogP contribution in [0.5, 0.6) is 5.75 Å². The molecule has 2 rings (SSSR count). The van der Waals surface area contributed by atoms with Crippen molar-refractivity contribution in [1.29, 1.82) is 0 Å². The number of rotatable bonds is 6. The van der Waals surface area contributed by atoms with E-state index in [0.717, 1.165) is 6.42 Å². The van der Waals surface area contributed by atoms with Gasteiger partial charge in [-0.1, -0.05) is 20.8 Å². The van der Waals surface area contributed by atoms with Crippen LogP contribution in [-0.2, 0) is 4.79 Å². The Kier molecular flexibility index (Phi) is 5.12. The van der Waals surface area contributed by atoms with Gasteiger partial charge in [0.2, 0.25) is 0 Å². The molecule has 5 heteroatoms.